The minimum absolute atomic E-state index is 0.265. The topological polar surface area (TPSA) is 94.0 Å². The van der Waals surface area contributed by atoms with Gasteiger partial charge in [0.25, 0.3) is 0 Å². The summed E-state index contributed by atoms with van der Waals surface area (Å²) in [4.78, 5) is 11.6. The Balaban J connectivity index is 2.34. The summed E-state index contributed by atoms with van der Waals surface area (Å²) in [5.74, 6) is 0.574. The maximum Gasteiger partial charge on any atom is 0.249 e. The smallest absolute Gasteiger partial charge is 0.249 e. The Kier molecular flexibility index (Phi) is 3.38. The lowest BCUT2D eigenvalue weighted by Crippen LogP contribution is -2.32. The number of para-hydroxylation sites is 1. The van der Waals surface area contributed by atoms with E-state index in [-0.39, 0.29) is 5.91 Å². The molecule has 0 saturated heterocycles. The van der Waals surface area contributed by atoms with Gasteiger partial charge < -0.3 is 15.5 Å². The third-order valence-corrected chi connectivity index (χ3v) is 2.35. The highest BCUT2D eigenvalue weighted by atomic mass is 16.4. The highest BCUT2D eigenvalue weighted by Gasteiger charge is 2.14. The van der Waals surface area contributed by atoms with Crippen LogP contribution in [-0.4, -0.2) is 22.1 Å². The summed E-state index contributed by atoms with van der Waals surface area (Å²) >= 11 is 0. The number of rotatable bonds is 3. The Morgan fingerprint density at radius 2 is 2.11 bits per heavy atom. The van der Waals surface area contributed by atoms with Crippen LogP contribution >= 0.6 is 0 Å². The standard InChI is InChI=1S/C12H14N4O2/c1-7(13)11(17)14-10-6-4-3-5-9(10)12-16-15-8(2)18-12/h3-7H,13H2,1-2H3,(H,14,17). The van der Waals surface area contributed by atoms with E-state index in [1.807, 2.05) is 12.1 Å². The molecule has 2 rings (SSSR count). The molecule has 1 amide bonds. The van der Waals surface area contributed by atoms with Gasteiger partial charge in [-0.2, -0.15) is 0 Å². The van der Waals surface area contributed by atoms with Gasteiger partial charge >= 0.3 is 0 Å². The average Bonchev–Trinajstić information content (AvgIpc) is 2.76. The zero-order chi connectivity index (χ0) is 13.1. The lowest BCUT2D eigenvalue weighted by atomic mass is 10.1. The second-order valence-electron chi connectivity index (χ2n) is 3.95. The van der Waals surface area contributed by atoms with Crippen LogP contribution in [0, 0.1) is 6.92 Å². The number of carbonyl (C=O) groups excluding carboxylic acids is 1. The van der Waals surface area contributed by atoms with Crippen molar-refractivity contribution >= 4 is 11.6 Å². The molecule has 18 heavy (non-hydrogen) atoms. The minimum Gasteiger partial charge on any atom is -0.421 e. The molecule has 0 radical (unpaired) electrons. The number of hydrogen-bond acceptors (Lipinski definition) is 5. The molecular formula is C12H14N4O2. The number of nitrogens with two attached hydrogens (primary N) is 1. The molecule has 1 atom stereocenters. The van der Waals surface area contributed by atoms with Crippen LogP contribution in [0.3, 0.4) is 0 Å². The molecule has 6 heteroatoms. The van der Waals surface area contributed by atoms with Crippen molar-refractivity contribution in [3.63, 3.8) is 0 Å². The van der Waals surface area contributed by atoms with E-state index in [4.69, 9.17) is 10.2 Å². The number of aromatic nitrogens is 2. The summed E-state index contributed by atoms with van der Waals surface area (Å²) < 4.78 is 5.35. The summed E-state index contributed by atoms with van der Waals surface area (Å²) in [7, 11) is 0. The van der Waals surface area contributed by atoms with Gasteiger partial charge in [-0.05, 0) is 19.1 Å². The Hall–Kier alpha value is -2.21. The number of nitrogens with one attached hydrogen (secondary N) is 1. The quantitative estimate of drug-likeness (QED) is 0.852. The number of amides is 1. The molecule has 1 heterocycles. The third kappa shape index (κ3) is 2.54. The lowest BCUT2D eigenvalue weighted by Gasteiger charge is -2.10. The van der Waals surface area contributed by atoms with Crippen molar-refractivity contribution in [3.05, 3.63) is 30.2 Å². The molecule has 0 spiro atoms. The molecule has 0 aliphatic carbocycles. The predicted molar refractivity (Wildman–Crippen MR) is 66.8 cm³/mol. The fourth-order valence-corrected chi connectivity index (χ4v) is 1.43. The maximum atomic E-state index is 11.6. The highest BCUT2D eigenvalue weighted by Crippen LogP contribution is 2.26. The predicted octanol–water partition coefficient (Wildman–Crippen LogP) is 1.33. The molecule has 0 aliphatic rings. The first-order valence-electron chi connectivity index (χ1n) is 5.54. The second-order valence-corrected chi connectivity index (χ2v) is 3.95. The van der Waals surface area contributed by atoms with Crippen LogP contribution in [-0.2, 0) is 4.79 Å². The first-order chi connectivity index (χ1) is 8.58. The SMILES string of the molecule is Cc1nnc(-c2ccccc2NC(=O)C(C)N)o1. The molecule has 1 unspecified atom stereocenters. The zero-order valence-corrected chi connectivity index (χ0v) is 10.2. The van der Waals surface area contributed by atoms with E-state index in [0.29, 0.717) is 23.0 Å². The fourth-order valence-electron chi connectivity index (χ4n) is 1.43. The highest BCUT2D eigenvalue weighted by molar-refractivity contribution is 5.97. The molecule has 1 aromatic carbocycles. The van der Waals surface area contributed by atoms with Gasteiger partial charge in [0.15, 0.2) is 0 Å². The van der Waals surface area contributed by atoms with Crippen molar-refractivity contribution in [3.8, 4) is 11.5 Å². The van der Waals surface area contributed by atoms with Gasteiger partial charge in [-0.15, -0.1) is 10.2 Å². The molecule has 0 aliphatic heterocycles. The Bertz CT molecular complexity index is 563. The summed E-state index contributed by atoms with van der Waals surface area (Å²) in [5, 5.41) is 10.4. The van der Waals surface area contributed by atoms with Gasteiger partial charge in [0.05, 0.1) is 17.3 Å². The minimum atomic E-state index is -0.581. The van der Waals surface area contributed by atoms with E-state index >= 15 is 0 Å². The first kappa shape index (κ1) is 12.3. The number of benzene rings is 1. The molecule has 94 valence electrons. The van der Waals surface area contributed by atoms with Crippen LogP contribution in [0.1, 0.15) is 12.8 Å². The van der Waals surface area contributed by atoms with Crippen LogP contribution < -0.4 is 11.1 Å². The van der Waals surface area contributed by atoms with E-state index in [0.717, 1.165) is 0 Å². The molecule has 0 bridgehead atoms. The van der Waals surface area contributed by atoms with Crippen LogP contribution in [0.5, 0.6) is 0 Å². The second kappa shape index (κ2) is 4.97. The fraction of sp³-hybridized carbons (Fsp3) is 0.250. The van der Waals surface area contributed by atoms with Crippen LogP contribution in [0.25, 0.3) is 11.5 Å². The molecule has 0 fully saturated rings. The van der Waals surface area contributed by atoms with Gasteiger partial charge in [0.2, 0.25) is 17.7 Å². The van der Waals surface area contributed by atoms with Crippen LogP contribution in [0.15, 0.2) is 28.7 Å². The molecule has 3 N–H and O–H groups in total. The number of hydrogen-bond donors (Lipinski definition) is 2. The molecule has 2 aromatic rings. The largest absolute Gasteiger partial charge is 0.421 e. The van der Waals surface area contributed by atoms with Crippen LogP contribution in [0.2, 0.25) is 0 Å². The summed E-state index contributed by atoms with van der Waals surface area (Å²) in [5.41, 5.74) is 6.79. The Morgan fingerprint density at radius 3 is 2.72 bits per heavy atom. The van der Waals surface area contributed by atoms with Gasteiger partial charge in [0, 0.05) is 6.92 Å². The van der Waals surface area contributed by atoms with Crippen LogP contribution in [0.4, 0.5) is 5.69 Å². The van der Waals surface area contributed by atoms with Gasteiger partial charge in [0.1, 0.15) is 0 Å². The van der Waals surface area contributed by atoms with E-state index < -0.39 is 6.04 Å². The van der Waals surface area contributed by atoms with Gasteiger partial charge in [-0.25, -0.2) is 0 Å². The molecular weight excluding hydrogens is 232 g/mol. The number of anilines is 1. The lowest BCUT2D eigenvalue weighted by molar-refractivity contribution is -0.117. The van der Waals surface area contributed by atoms with Gasteiger partial charge in [-0.3, -0.25) is 4.79 Å². The maximum absolute atomic E-state index is 11.6. The number of nitrogens with zero attached hydrogens (tertiary/aromatic N) is 2. The van der Waals surface area contributed by atoms with E-state index in [9.17, 15) is 4.79 Å². The monoisotopic (exact) mass is 246 g/mol. The summed E-state index contributed by atoms with van der Waals surface area (Å²) in [6.45, 7) is 3.33. The van der Waals surface area contributed by atoms with Crippen molar-refractivity contribution in [1.29, 1.82) is 0 Å². The molecule has 0 saturated carbocycles. The molecule has 6 nitrogen and oxygen atoms in total. The Labute approximate surface area is 104 Å². The van der Waals surface area contributed by atoms with E-state index in [1.54, 1.807) is 26.0 Å². The number of carbonyl (C=O) groups is 1. The van der Waals surface area contributed by atoms with Crippen molar-refractivity contribution in [2.75, 3.05) is 5.32 Å². The summed E-state index contributed by atoms with van der Waals surface area (Å²) in [6.07, 6.45) is 0. The average molecular weight is 246 g/mol. The van der Waals surface area contributed by atoms with Crippen molar-refractivity contribution in [2.24, 2.45) is 5.73 Å². The molecule has 1 aromatic heterocycles. The van der Waals surface area contributed by atoms with E-state index in [1.165, 1.54) is 0 Å². The van der Waals surface area contributed by atoms with E-state index in [2.05, 4.69) is 15.5 Å². The zero-order valence-electron chi connectivity index (χ0n) is 10.2. The Morgan fingerprint density at radius 1 is 1.39 bits per heavy atom. The van der Waals surface area contributed by atoms with Crippen molar-refractivity contribution in [2.45, 2.75) is 19.9 Å². The normalized spacial score (nSPS) is 12.2. The first-order valence-corrected chi connectivity index (χ1v) is 5.54. The summed E-state index contributed by atoms with van der Waals surface area (Å²) in [6, 6.07) is 6.61. The van der Waals surface area contributed by atoms with Crippen molar-refractivity contribution < 1.29 is 9.21 Å². The van der Waals surface area contributed by atoms with Crippen molar-refractivity contribution in [1.82, 2.24) is 10.2 Å². The van der Waals surface area contributed by atoms with Gasteiger partial charge in [-0.1, -0.05) is 12.1 Å². The third-order valence-electron chi connectivity index (χ3n) is 2.35. The number of aryl methyl sites for hydroxylation is 1.